The van der Waals surface area contributed by atoms with Gasteiger partial charge in [0.25, 0.3) is 0 Å². The maximum absolute atomic E-state index is 16.6. The lowest BCUT2D eigenvalue weighted by Crippen LogP contribution is -2.22. The highest BCUT2D eigenvalue weighted by molar-refractivity contribution is 5.95. The van der Waals surface area contributed by atoms with Crippen molar-refractivity contribution in [2.45, 2.75) is 37.9 Å². The number of aliphatic hydroxyl groups is 4. The zero-order valence-electron chi connectivity index (χ0n) is 36.2. The Kier molecular flexibility index (Phi) is 13.0. The molecule has 5 heterocycles. The number of aryl methyl sites for hydroxylation is 4. The Balaban J connectivity index is 1.43. The lowest BCUT2D eigenvalue weighted by atomic mass is 9.97. The Hall–Kier alpha value is -7.52. The van der Waals surface area contributed by atoms with E-state index in [0.29, 0.717) is 5.56 Å². The van der Waals surface area contributed by atoms with Crippen LogP contribution < -0.4 is 9.47 Å². The van der Waals surface area contributed by atoms with E-state index < -0.39 is 119 Å². The van der Waals surface area contributed by atoms with Gasteiger partial charge in [-0.3, -0.25) is 4.98 Å². The van der Waals surface area contributed by atoms with Crippen molar-refractivity contribution in [2.75, 3.05) is 26.4 Å². The molecule has 2 aromatic heterocycles. The average Bonchev–Trinajstić information content (AvgIpc) is 4.20. The fourth-order valence-corrected chi connectivity index (χ4v) is 8.66. The van der Waals surface area contributed by atoms with Crippen LogP contribution in [0.2, 0.25) is 0 Å². The highest BCUT2D eigenvalue weighted by atomic mass is 19.2. The number of aromatic nitrogens is 4. The highest BCUT2D eigenvalue weighted by Crippen LogP contribution is 2.44. The minimum Gasteiger partial charge on any atom is -0.508 e. The highest BCUT2D eigenvalue weighted by Gasteiger charge is 2.34. The summed E-state index contributed by atoms with van der Waals surface area (Å²) in [5.41, 5.74) is -2.23. The zero-order chi connectivity index (χ0) is 49.7. The van der Waals surface area contributed by atoms with Crippen LogP contribution in [0, 0.1) is 46.5 Å². The van der Waals surface area contributed by atoms with Crippen LogP contribution in [0.1, 0.15) is 34.2 Å². The van der Waals surface area contributed by atoms with Crippen molar-refractivity contribution in [1.29, 1.82) is 0 Å². The Morgan fingerprint density at radius 3 is 1.40 bits per heavy atom. The Morgan fingerprint density at radius 2 is 0.914 bits per heavy atom. The molecule has 70 heavy (non-hydrogen) atoms. The molecule has 6 aromatic rings. The van der Waals surface area contributed by atoms with Crippen molar-refractivity contribution in [3.05, 3.63) is 141 Å². The summed E-state index contributed by atoms with van der Waals surface area (Å²) in [6.07, 6.45) is -0.834. The van der Waals surface area contributed by atoms with E-state index in [1.807, 2.05) is 0 Å². The van der Waals surface area contributed by atoms with Crippen LogP contribution in [0.25, 0.3) is 67.7 Å². The average molecular weight is 975 g/mol. The van der Waals surface area contributed by atoms with Crippen LogP contribution >= 0.6 is 0 Å². The van der Waals surface area contributed by atoms with Gasteiger partial charge in [0.15, 0.2) is 34.8 Å². The molecular formula is C50H38F8N4O8. The summed E-state index contributed by atoms with van der Waals surface area (Å²) in [6.45, 7) is -3.63. The standard InChI is InChI=1S/C50H38F8N4O8/c51-41-39(42(52)46(56)49(45(41)55)69-19-25(67)17-63)37-31-11-7-27(59-31)35(21-3-1-5-23(65)15-21)28-8-12-32(60-28)38(40-43(53)47(57)50(48(58)44(40)54)70-20-26(68)18-64)34-14-10-30(62-34)36(29-9-13-33(37)61-29)22-4-2-6-24(66)16-22/h1-8,11-12,15-16,25-26,59,62-68H,9-10,13-14,17-20H2. The smallest absolute Gasteiger partial charge is 0.204 e. The van der Waals surface area contributed by atoms with Gasteiger partial charge in [0.05, 0.1) is 47.1 Å². The number of phenolic OH excluding ortho intramolecular Hbond substituents is 2. The molecule has 2 atom stereocenters. The number of benzene rings is 4. The van der Waals surface area contributed by atoms with E-state index in [0.717, 1.165) is 0 Å². The molecule has 3 aliphatic rings. The second kappa shape index (κ2) is 19.1. The van der Waals surface area contributed by atoms with E-state index in [1.54, 1.807) is 12.1 Å². The third-order valence-corrected chi connectivity index (χ3v) is 11.8. The Labute approximate surface area is 390 Å². The molecule has 3 aliphatic heterocycles. The number of fused-ring (bicyclic) bond motifs is 8. The van der Waals surface area contributed by atoms with Gasteiger partial charge in [0.1, 0.15) is 36.9 Å². The van der Waals surface area contributed by atoms with Crippen LogP contribution in [0.4, 0.5) is 35.1 Å². The molecule has 4 aromatic carbocycles. The fourth-order valence-electron chi connectivity index (χ4n) is 8.66. The van der Waals surface area contributed by atoms with Crippen molar-refractivity contribution in [3.63, 3.8) is 0 Å². The Morgan fingerprint density at radius 1 is 0.486 bits per heavy atom. The third-order valence-electron chi connectivity index (χ3n) is 11.8. The molecular weight excluding hydrogens is 937 g/mol. The second-order valence-corrected chi connectivity index (χ2v) is 16.4. The molecule has 0 aliphatic carbocycles. The summed E-state index contributed by atoms with van der Waals surface area (Å²) < 4.78 is 140. The molecule has 2 unspecified atom stereocenters. The van der Waals surface area contributed by atoms with Gasteiger partial charge in [-0.1, -0.05) is 24.3 Å². The summed E-state index contributed by atoms with van der Waals surface area (Å²) >= 11 is 0. The van der Waals surface area contributed by atoms with Gasteiger partial charge in [-0.15, -0.1) is 0 Å². The number of aromatic hydroxyl groups is 2. The van der Waals surface area contributed by atoms with E-state index in [4.69, 9.17) is 19.4 Å². The molecule has 8 bridgehead atoms. The molecule has 0 saturated heterocycles. The van der Waals surface area contributed by atoms with Crippen molar-refractivity contribution in [2.24, 2.45) is 0 Å². The molecule has 0 fully saturated rings. The van der Waals surface area contributed by atoms with Crippen LogP contribution in [0.3, 0.4) is 0 Å². The van der Waals surface area contributed by atoms with Gasteiger partial charge in [0.2, 0.25) is 23.3 Å². The van der Waals surface area contributed by atoms with Gasteiger partial charge in [-0.05, 0) is 85.4 Å². The van der Waals surface area contributed by atoms with Crippen LogP contribution in [0.5, 0.6) is 23.0 Å². The van der Waals surface area contributed by atoms with Crippen LogP contribution in [-0.4, -0.2) is 89.2 Å². The first-order chi connectivity index (χ1) is 33.6. The van der Waals surface area contributed by atoms with Gasteiger partial charge in [-0.25, -0.2) is 22.5 Å². The minimum atomic E-state index is -1.96. The van der Waals surface area contributed by atoms with Crippen molar-refractivity contribution < 1.29 is 75.2 Å². The monoisotopic (exact) mass is 974 g/mol. The number of nitrogens with zero attached hydrogens (tertiary/aromatic N) is 2. The van der Waals surface area contributed by atoms with E-state index in [-0.39, 0.29) is 99.1 Å². The molecule has 362 valence electrons. The van der Waals surface area contributed by atoms with E-state index in [9.17, 15) is 30.6 Å². The number of aliphatic hydroxyl groups excluding tert-OH is 4. The Bertz CT molecular complexity index is 3280. The normalized spacial score (nSPS) is 13.7. The number of aromatic amines is 2. The predicted octanol–water partition coefficient (Wildman–Crippen LogP) is 8.43. The molecule has 9 rings (SSSR count). The van der Waals surface area contributed by atoms with Gasteiger partial charge >= 0.3 is 0 Å². The number of halogens is 8. The summed E-state index contributed by atoms with van der Waals surface area (Å²) in [5, 5.41) is 59.2. The number of phenols is 2. The maximum Gasteiger partial charge on any atom is 0.204 e. The first-order valence-corrected chi connectivity index (χ1v) is 21.5. The number of ether oxygens (including phenoxy) is 2. The summed E-state index contributed by atoms with van der Waals surface area (Å²) in [7, 11) is 0. The molecule has 0 saturated carbocycles. The van der Waals surface area contributed by atoms with Gasteiger partial charge < -0.3 is 50.1 Å². The fraction of sp³-hybridized carbons (Fsp3) is 0.200. The van der Waals surface area contributed by atoms with E-state index in [1.165, 1.54) is 60.7 Å². The second-order valence-electron chi connectivity index (χ2n) is 16.4. The topological polar surface area (TPSA) is 197 Å². The quantitative estimate of drug-likeness (QED) is 0.0435. The molecule has 12 nitrogen and oxygen atoms in total. The minimum absolute atomic E-state index is 0.00417. The van der Waals surface area contributed by atoms with E-state index in [2.05, 4.69) is 9.97 Å². The zero-order valence-corrected chi connectivity index (χ0v) is 36.2. The first-order valence-electron chi connectivity index (χ1n) is 21.5. The van der Waals surface area contributed by atoms with Crippen molar-refractivity contribution in [1.82, 2.24) is 19.9 Å². The van der Waals surface area contributed by atoms with Crippen molar-refractivity contribution in [3.8, 4) is 67.5 Å². The van der Waals surface area contributed by atoms with Gasteiger partial charge in [-0.2, -0.15) is 17.6 Å². The number of rotatable bonds is 12. The molecule has 0 radical (unpaired) electrons. The summed E-state index contributed by atoms with van der Waals surface area (Å²) in [6, 6.07) is 14.3. The summed E-state index contributed by atoms with van der Waals surface area (Å²) in [5.74, 6) is -18.9. The summed E-state index contributed by atoms with van der Waals surface area (Å²) in [4.78, 5) is 15.7. The molecule has 20 heteroatoms. The largest absolute Gasteiger partial charge is 0.508 e. The number of H-pyrrole nitrogens is 2. The molecule has 8 N–H and O–H groups in total. The number of hydrogen-bond donors (Lipinski definition) is 8. The predicted molar refractivity (Wildman–Crippen MR) is 238 cm³/mol. The number of nitrogens with one attached hydrogen (secondary N) is 2. The lowest BCUT2D eigenvalue weighted by molar-refractivity contribution is 0.0504. The SMILES string of the molecule is OCC(O)COc1c(F)c(F)c(-c2c3nc(c(-c4cccc(O)c4)c4ccc([nH]4)c(-c4c(F)c(F)c(OCC(O)CO)c(F)c4F)c4nc(c(-c5cccc(O)c5)c5[nH]c2CC5)CC4)C=C3)c(F)c1F. The maximum atomic E-state index is 16.6. The first kappa shape index (κ1) is 47.5. The molecule has 0 spiro atoms. The van der Waals surface area contributed by atoms with Crippen molar-refractivity contribution >= 4 is 23.2 Å². The van der Waals surface area contributed by atoms with Gasteiger partial charge in [0, 0.05) is 44.7 Å². The number of hydrogen-bond acceptors (Lipinski definition) is 10. The van der Waals surface area contributed by atoms with Crippen LogP contribution in [-0.2, 0) is 25.7 Å². The lowest BCUT2D eigenvalue weighted by Gasteiger charge is -2.16. The third kappa shape index (κ3) is 8.52. The molecule has 0 amide bonds. The van der Waals surface area contributed by atoms with E-state index >= 15 is 35.1 Å². The van der Waals surface area contributed by atoms with Crippen LogP contribution in [0.15, 0.2) is 60.7 Å².